The fourth-order valence-electron chi connectivity index (χ4n) is 2.93. The van der Waals surface area contributed by atoms with Crippen LogP contribution >= 0.6 is 0 Å². The lowest BCUT2D eigenvalue weighted by Crippen LogP contribution is -2.47. The predicted octanol–water partition coefficient (Wildman–Crippen LogP) is 1.01. The predicted molar refractivity (Wildman–Crippen MR) is 74.1 cm³/mol. The van der Waals surface area contributed by atoms with Gasteiger partial charge in [-0.3, -0.25) is 24.1 Å². The summed E-state index contributed by atoms with van der Waals surface area (Å²) in [4.78, 5) is 49.3. The highest BCUT2D eigenvalue weighted by molar-refractivity contribution is 6.25. The highest BCUT2D eigenvalue weighted by Crippen LogP contribution is 2.32. The van der Waals surface area contributed by atoms with Crippen molar-refractivity contribution in [2.45, 2.75) is 25.3 Å². The van der Waals surface area contributed by atoms with Gasteiger partial charge >= 0.3 is 0 Å². The number of benzene rings is 1. The molecule has 1 aromatic carbocycles. The number of Topliss-reactive ketones (excluding diaryl/α,β-unsaturated/α-hetero) is 2. The van der Waals surface area contributed by atoms with Crippen molar-refractivity contribution in [1.29, 1.82) is 0 Å². The zero-order valence-electron chi connectivity index (χ0n) is 11.5. The van der Waals surface area contributed by atoms with Gasteiger partial charge in [-0.25, -0.2) is 0 Å². The minimum absolute atomic E-state index is 0.135. The Balaban J connectivity index is 2.00. The van der Waals surface area contributed by atoms with E-state index in [1.807, 2.05) is 0 Å². The molecule has 0 spiro atoms. The van der Waals surface area contributed by atoms with Gasteiger partial charge < -0.3 is 5.32 Å². The largest absolute Gasteiger partial charge is 0.387 e. The van der Waals surface area contributed by atoms with Crippen molar-refractivity contribution < 1.29 is 19.2 Å². The van der Waals surface area contributed by atoms with E-state index in [0.717, 1.165) is 4.90 Å². The van der Waals surface area contributed by atoms with Gasteiger partial charge in [0, 0.05) is 19.2 Å². The summed E-state index contributed by atoms with van der Waals surface area (Å²) < 4.78 is 0. The highest BCUT2D eigenvalue weighted by Gasteiger charge is 2.45. The average Bonchev–Trinajstić information content (AvgIpc) is 2.72. The van der Waals surface area contributed by atoms with E-state index in [9.17, 15) is 19.2 Å². The molecule has 1 atom stereocenters. The first-order chi connectivity index (χ1) is 10.0. The second kappa shape index (κ2) is 4.80. The lowest BCUT2D eigenvalue weighted by Gasteiger charge is -2.27. The van der Waals surface area contributed by atoms with Crippen LogP contribution in [0.1, 0.15) is 40.0 Å². The number of fused-ring (bicyclic) bond motifs is 1. The SMILES string of the molecule is CNc1cccc2c1C(=O)N(C1CCC(=O)CC1=O)C2=O. The maximum Gasteiger partial charge on any atom is 0.264 e. The summed E-state index contributed by atoms with van der Waals surface area (Å²) in [6.45, 7) is 0. The number of hydrogen-bond donors (Lipinski definition) is 1. The summed E-state index contributed by atoms with van der Waals surface area (Å²) >= 11 is 0. The van der Waals surface area contributed by atoms with Crippen LogP contribution < -0.4 is 5.32 Å². The minimum Gasteiger partial charge on any atom is -0.387 e. The number of anilines is 1. The molecule has 1 fully saturated rings. The smallest absolute Gasteiger partial charge is 0.264 e. The van der Waals surface area contributed by atoms with Crippen LogP contribution in [0.3, 0.4) is 0 Å². The molecular weight excluding hydrogens is 272 g/mol. The number of carbonyl (C=O) groups excluding carboxylic acids is 4. The lowest BCUT2D eigenvalue weighted by molar-refractivity contribution is -0.132. The molecule has 2 aliphatic rings. The van der Waals surface area contributed by atoms with Crippen LogP contribution in [-0.4, -0.2) is 41.4 Å². The fourth-order valence-corrected chi connectivity index (χ4v) is 2.93. The summed E-state index contributed by atoms with van der Waals surface area (Å²) in [5.74, 6) is -1.41. The number of amides is 2. The van der Waals surface area contributed by atoms with Gasteiger partial charge in [-0.05, 0) is 18.6 Å². The maximum absolute atomic E-state index is 12.5. The first-order valence-electron chi connectivity index (χ1n) is 6.77. The van der Waals surface area contributed by atoms with Crippen LogP contribution in [0.2, 0.25) is 0 Å². The Morgan fingerprint density at radius 1 is 1.14 bits per heavy atom. The molecule has 21 heavy (non-hydrogen) atoms. The molecule has 6 heteroatoms. The van der Waals surface area contributed by atoms with Crippen molar-refractivity contribution >= 4 is 29.1 Å². The lowest BCUT2D eigenvalue weighted by atomic mass is 9.92. The summed E-state index contributed by atoms with van der Waals surface area (Å²) in [6, 6.07) is 4.15. The van der Waals surface area contributed by atoms with Crippen molar-refractivity contribution in [3.8, 4) is 0 Å². The van der Waals surface area contributed by atoms with Crippen molar-refractivity contribution in [3.63, 3.8) is 0 Å². The molecular formula is C15H14N2O4. The van der Waals surface area contributed by atoms with Crippen molar-refractivity contribution in [2.24, 2.45) is 0 Å². The molecule has 1 aliphatic heterocycles. The van der Waals surface area contributed by atoms with Crippen LogP contribution in [0.15, 0.2) is 18.2 Å². The molecule has 3 rings (SSSR count). The third-order valence-corrected chi connectivity index (χ3v) is 3.97. The van der Waals surface area contributed by atoms with Gasteiger partial charge in [0.25, 0.3) is 11.8 Å². The molecule has 108 valence electrons. The Kier molecular flexibility index (Phi) is 3.08. The van der Waals surface area contributed by atoms with E-state index in [1.165, 1.54) is 0 Å². The van der Waals surface area contributed by atoms with E-state index >= 15 is 0 Å². The second-order valence-electron chi connectivity index (χ2n) is 5.19. The van der Waals surface area contributed by atoms with E-state index < -0.39 is 17.9 Å². The number of nitrogens with one attached hydrogen (secondary N) is 1. The van der Waals surface area contributed by atoms with E-state index in [0.29, 0.717) is 16.8 Å². The average molecular weight is 286 g/mol. The van der Waals surface area contributed by atoms with Crippen LogP contribution in [0.5, 0.6) is 0 Å². The number of carbonyl (C=O) groups is 4. The molecule has 1 aromatic rings. The fraction of sp³-hybridized carbons (Fsp3) is 0.333. The molecule has 1 N–H and O–H groups in total. The molecule has 0 aromatic heterocycles. The molecule has 1 aliphatic carbocycles. The van der Waals surface area contributed by atoms with Crippen molar-refractivity contribution in [1.82, 2.24) is 4.90 Å². The highest BCUT2D eigenvalue weighted by atomic mass is 16.2. The number of rotatable bonds is 2. The van der Waals surface area contributed by atoms with Crippen LogP contribution in [0.4, 0.5) is 5.69 Å². The summed E-state index contributed by atoms with van der Waals surface area (Å²) in [5.41, 5.74) is 1.17. The molecule has 1 saturated carbocycles. The monoisotopic (exact) mass is 286 g/mol. The first kappa shape index (κ1) is 13.5. The second-order valence-corrected chi connectivity index (χ2v) is 5.19. The molecule has 2 amide bonds. The zero-order chi connectivity index (χ0) is 15.1. The van der Waals surface area contributed by atoms with E-state index in [2.05, 4.69) is 5.32 Å². The Labute approximate surface area is 121 Å². The Morgan fingerprint density at radius 2 is 1.90 bits per heavy atom. The summed E-state index contributed by atoms with van der Waals surface area (Å²) in [6.07, 6.45) is 0.248. The number of hydrogen-bond acceptors (Lipinski definition) is 5. The Hall–Kier alpha value is -2.50. The molecule has 0 saturated heterocycles. The quantitative estimate of drug-likeness (QED) is 0.648. The van der Waals surface area contributed by atoms with Crippen molar-refractivity contribution in [3.05, 3.63) is 29.3 Å². The van der Waals surface area contributed by atoms with Crippen LogP contribution in [0, 0.1) is 0 Å². The van der Waals surface area contributed by atoms with E-state index in [-0.39, 0.29) is 30.8 Å². The number of imide groups is 1. The third-order valence-electron chi connectivity index (χ3n) is 3.97. The summed E-state index contributed by atoms with van der Waals surface area (Å²) in [7, 11) is 1.67. The van der Waals surface area contributed by atoms with E-state index in [1.54, 1.807) is 25.2 Å². The number of nitrogens with zero attached hydrogens (tertiary/aromatic N) is 1. The van der Waals surface area contributed by atoms with Gasteiger partial charge in [0.15, 0.2) is 5.78 Å². The molecule has 0 bridgehead atoms. The minimum atomic E-state index is -0.820. The molecule has 0 radical (unpaired) electrons. The zero-order valence-corrected chi connectivity index (χ0v) is 11.5. The maximum atomic E-state index is 12.5. The topological polar surface area (TPSA) is 83.6 Å². The molecule has 1 unspecified atom stereocenters. The van der Waals surface area contributed by atoms with Crippen LogP contribution in [0.25, 0.3) is 0 Å². The van der Waals surface area contributed by atoms with Gasteiger partial charge in [0.05, 0.1) is 23.6 Å². The third kappa shape index (κ3) is 1.94. The van der Waals surface area contributed by atoms with Gasteiger partial charge in [-0.2, -0.15) is 0 Å². The van der Waals surface area contributed by atoms with Gasteiger partial charge in [0.2, 0.25) is 0 Å². The Bertz CT molecular complexity index is 680. The standard InChI is InChI=1S/C15H14N2O4/c1-16-10-4-2-3-9-13(10)15(21)17(14(9)20)11-6-5-8(18)7-12(11)19/h2-4,11,16H,5-7H2,1H3. The van der Waals surface area contributed by atoms with Gasteiger partial charge in [0.1, 0.15) is 5.78 Å². The van der Waals surface area contributed by atoms with E-state index in [4.69, 9.17) is 0 Å². The van der Waals surface area contributed by atoms with Gasteiger partial charge in [-0.1, -0.05) is 6.07 Å². The van der Waals surface area contributed by atoms with Crippen molar-refractivity contribution in [2.75, 3.05) is 12.4 Å². The van der Waals surface area contributed by atoms with Gasteiger partial charge in [-0.15, -0.1) is 0 Å². The summed E-state index contributed by atoms with van der Waals surface area (Å²) in [5, 5.41) is 2.88. The number of ketones is 2. The molecule has 1 heterocycles. The Morgan fingerprint density at radius 3 is 2.57 bits per heavy atom. The first-order valence-corrected chi connectivity index (χ1v) is 6.77. The normalized spacial score (nSPS) is 21.8. The van der Waals surface area contributed by atoms with Crippen LogP contribution in [-0.2, 0) is 9.59 Å². The molecule has 6 nitrogen and oxygen atoms in total.